The zero-order valence-electron chi connectivity index (χ0n) is 6.55. The Bertz CT molecular complexity index is 198. The number of rotatable bonds is 3. The fourth-order valence-corrected chi connectivity index (χ4v) is 1.68. The molecular weight excluding hydrogens is 249 g/mol. The fourth-order valence-electron chi connectivity index (χ4n) is 1.02. The van der Waals surface area contributed by atoms with Crippen LogP contribution in [0.5, 0.6) is 0 Å². The molecule has 0 bridgehead atoms. The predicted octanol–water partition coefficient (Wildman–Crippen LogP) is 2.73. The maximum absolute atomic E-state index is 3.14. The van der Waals surface area contributed by atoms with E-state index in [0.717, 1.165) is 6.54 Å². The second-order valence-corrected chi connectivity index (χ2v) is 3.41. The van der Waals surface area contributed by atoms with E-state index in [1.54, 1.807) is 0 Å². The van der Waals surface area contributed by atoms with Crippen molar-refractivity contribution in [1.82, 2.24) is 3.53 Å². The van der Waals surface area contributed by atoms with Crippen LogP contribution in [0.2, 0.25) is 0 Å². The van der Waals surface area contributed by atoms with Crippen LogP contribution in [0.25, 0.3) is 0 Å². The minimum atomic E-state index is 0.605. The monoisotopic (exact) mass is 261 g/mol. The third-order valence-electron chi connectivity index (χ3n) is 1.75. The summed E-state index contributed by atoms with van der Waals surface area (Å²) in [7, 11) is 0. The number of nitrogens with one attached hydrogen (secondary N) is 1. The molecule has 0 heterocycles. The lowest BCUT2D eigenvalue weighted by atomic mass is 10.0. The van der Waals surface area contributed by atoms with Crippen LogP contribution in [-0.4, -0.2) is 6.54 Å². The first-order valence-electron chi connectivity index (χ1n) is 3.73. The Morgan fingerprint density at radius 3 is 2.55 bits per heavy atom. The molecule has 11 heavy (non-hydrogen) atoms. The zero-order chi connectivity index (χ0) is 8.10. The molecule has 1 aromatic carbocycles. The van der Waals surface area contributed by atoms with Crippen molar-refractivity contribution >= 4 is 22.9 Å². The minimum absolute atomic E-state index is 0.605. The highest BCUT2D eigenvalue weighted by Gasteiger charge is 2.01. The first kappa shape index (κ1) is 9.00. The molecule has 2 heteroatoms. The summed E-state index contributed by atoms with van der Waals surface area (Å²) in [5.41, 5.74) is 1.40. The highest BCUT2D eigenvalue weighted by atomic mass is 127. The Hall–Kier alpha value is -0.0900. The highest BCUT2D eigenvalue weighted by molar-refractivity contribution is 14.1. The van der Waals surface area contributed by atoms with Gasteiger partial charge in [0, 0.05) is 29.4 Å². The van der Waals surface area contributed by atoms with Crippen LogP contribution in [0, 0.1) is 0 Å². The van der Waals surface area contributed by atoms with Crippen molar-refractivity contribution in [3.8, 4) is 0 Å². The molecule has 1 rings (SSSR count). The highest BCUT2D eigenvalue weighted by Crippen LogP contribution is 2.12. The van der Waals surface area contributed by atoms with Crippen LogP contribution in [0.15, 0.2) is 30.3 Å². The van der Waals surface area contributed by atoms with Crippen LogP contribution >= 0.6 is 22.9 Å². The molecule has 0 fully saturated rings. The van der Waals surface area contributed by atoms with Crippen molar-refractivity contribution < 1.29 is 0 Å². The molecule has 1 nitrogen and oxygen atoms in total. The molecule has 1 N–H and O–H groups in total. The lowest BCUT2D eigenvalue weighted by Gasteiger charge is -2.08. The van der Waals surface area contributed by atoms with E-state index in [4.69, 9.17) is 0 Å². The summed E-state index contributed by atoms with van der Waals surface area (Å²) in [6.45, 7) is 3.26. The van der Waals surface area contributed by atoms with Gasteiger partial charge in [0.05, 0.1) is 0 Å². The zero-order valence-corrected chi connectivity index (χ0v) is 8.71. The van der Waals surface area contributed by atoms with Crippen molar-refractivity contribution in [3.05, 3.63) is 35.9 Å². The molecule has 0 spiro atoms. The molecular formula is C9H12IN. The Labute approximate surface area is 81.7 Å². The molecule has 0 amide bonds. The van der Waals surface area contributed by atoms with E-state index < -0.39 is 0 Å². The molecule has 0 aliphatic heterocycles. The van der Waals surface area contributed by atoms with E-state index in [1.807, 2.05) is 6.07 Å². The smallest absolute Gasteiger partial charge is 0.0169 e. The van der Waals surface area contributed by atoms with Gasteiger partial charge in [0.25, 0.3) is 0 Å². The molecule has 0 radical (unpaired) electrons. The molecule has 0 aliphatic carbocycles. The van der Waals surface area contributed by atoms with Gasteiger partial charge >= 0.3 is 0 Å². The van der Waals surface area contributed by atoms with Crippen molar-refractivity contribution in [2.24, 2.45) is 0 Å². The lowest BCUT2D eigenvalue weighted by molar-refractivity contribution is 0.754. The number of benzene rings is 1. The van der Waals surface area contributed by atoms with Gasteiger partial charge in [-0.15, -0.1) is 0 Å². The summed E-state index contributed by atoms with van der Waals surface area (Å²) in [5, 5.41) is 0. The molecule has 0 aliphatic rings. The molecule has 0 aromatic heterocycles. The average molecular weight is 261 g/mol. The summed E-state index contributed by atoms with van der Waals surface area (Å²) in [4.78, 5) is 0. The second kappa shape index (κ2) is 4.72. The van der Waals surface area contributed by atoms with Gasteiger partial charge in [-0.25, -0.2) is 0 Å². The largest absolute Gasteiger partial charge is 0.260 e. The van der Waals surface area contributed by atoms with Crippen molar-refractivity contribution in [3.63, 3.8) is 0 Å². The third-order valence-corrected chi connectivity index (χ3v) is 2.19. The van der Waals surface area contributed by atoms with Gasteiger partial charge in [0.15, 0.2) is 0 Å². The van der Waals surface area contributed by atoms with E-state index in [9.17, 15) is 0 Å². The molecule has 1 atom stereocenters. The standard InChI is InChI=1S/C9H12IN/c1-8(7-11-10)9-5-3-2-4-6-9/h2-6,8,11H,7H2,1H3/t8-/m1/s1. The van der Waals surface area contributed by atoms with Crippen LogP contribution in [0.3, 0.4) is 0 Å². The van der Waals surface area contributed by atoms with Gasteiger partial charge in [-0.05, 0) is 11.5 Å². The van der Waals surface area contributed by atoms with Gasteiger partial charge in [-0.3, -0.25) is 3.53 Å². The molecule has 1 aromatic rings. The summed E-state index contributed by atoms with van der Waals surface area (Å²) < 4.78 is 3.14. The Morgan fingerprint density at radius 1 is 1.36 bits per heavy atom. The van der Waals surface area contributed by atoms with Crippen LogP contribution < -0.4 is 3.53 Å². The van der Waals surface area contributed by atoms with E-state index in [-0.39, 0.29) is 0 Å². The third kappa shape index (κ3) is 2.79. The molecule has 0 saturated carbocycles. The van der Waals surface area contributed by atoms with Crippen molar-refractivity contribution in [1.29, 1.82) is 0 Å². The van der Waals surface area contributed by atoms with Crippen LogP contribution in [0.1, 0.15) is 18.4 Å². The first-order valence-corrected chi connectivity index (χ1v) is 4.81. The van der Waals surface area contributed by atoms with Gasteiger partial charge in [0.1, 0.15) is 0 Å². The van der Waals surface area contributed by atoms with E-state index in [1.165, 1.54) is 5.56 Å². The summed E-state index contributed by atoms with van der Waals surface area (Å²) in [6.07, 6.45) is 0. The summed E-state index contributed by atoms with van der Waals surface area (Å²) in [6, 6.07) is 10.5. The molecule has 0 saturated heterocycles. The molecule has 0 unspecified atom stereocenters. The van der Waals surface area contributed by atoms with Crippen LogP contribution in [-0.2, 0) is 0 Å². The number of halogens is 1. The quantitative estimate of drug-likeness (QED) is 0.651. The Balaban J connectivity index is 2.61. The SMILES string of the molecule is C[C@H](CNI)c1ccccc1. The van der Waals surface area contributed by atoms with Crippen molar-refractivity contribution in [2.75, 3.05) is 6.54 Å². The van der Waals surface area contributed by atoms with Gasteiger partial charge < -0.3 is 0 Å². The Morgan fingerprint density at radius 2 is 2.00 bits per heavy atom. The molecule has 60 valence electrons. The number of hydrogen-bond donors (Lipinski definition) is 1. The normalized spacial score (nSPS) is 12.9. The van der Waals surface area contributed by atoms with Gasteiger partial charge in [0.2, 0.25) is 0 Å². The van der Waals surface area contributed by atoms with Crippen LogP contribution in [0.4, 0.5) is 0 Å². The minimum Gasteiger partial charge on any atom is -0.260 e. The van der Waals surface area contributed by atoms with E-state index in [0.29, 0.717) is 5.92 Å². The Kier molecular flexibility index (Phi) is 3.86. The maximum atomic E-state index is 3.14. The maximum Gasteiger partial charge on any atom is 0.0169 e. The van der Waals surface area contributed by atoms with Gasteiger partial charge in [-0.1, -0.05) is 37.3 Å². The lowest BCUT2D eigenvalue weighted by Crippen LogP contribution is -2.08. The average Bonchev–Trinajstić information content (AvgIpc) is 2.07. The number of hydrogen-bond acceptors (Lipinski definition) is 1. The summed E-state index contributed by atoms with van der Waals surface area (Å²) >= 11 is 2.18. The van der Waals surface area contributed by atoms with Crippen molar-refractivity contribution in [2.45, 2.75) is 12.8 Å². The summed E-state index contributed by atoms with van der Waals surface area (Å²) in [5.74, 6) is 0.605. The van der Waals surface area contributed by atoms with E-state index in [2.05, 4.69) is 57.6 Å². The second-order valence-electron chi connectivity index (χ2n) is 2.65. The topological polar surface area (TPSA) is 12.0 Å². The predicted molar refractivity (Wildman–Crippen MR) is 56.9 cm³/mol. The van der Waals surface area contributed by atoms with E-state index >= 15 is 0 Å². The first-order chi connectivity index (χ1) is 5.34. The fraction of sp³-hybridized carbons (Fsp3) is 0.333. The van der Waals surface area contributed by atoms with Gasteiger partial charge in [-0.2, -0.15) is 0 Å².